The topological polar surface area (TPSA) is 63.8 Å². The van der Waals surface area contributed by atoms with E-state index in [0.29, 0.717) is 24.3 Å². The first-order chi connectivity index (χ1) is 10.9. The Bertz CT molecular complexity index is 744. The summed E-state index contributed by atoms with van der Waals surface area (Å²) >= 11 is 0. The summed E-state index contributed by atoms with van der Waals surface area (Å²) in [5.41, 5.74) is 3.59. The fraction of sp³-hybridized carbons (Fsp3) is 0.235. The highest BCUT2D eigenvalue weighted by Crippen LogP contribution is 2.22. The number of nitrogens with one attached hydrogen (secondary N) is 1. The Hall–Kier alpha value is -2.53. The lowest BCUT2D eigenvalue weighted by Gasteiger charge is -2.08. The van der Waals surface area contributed by atoms with Gasteiger partial charge in [0, 0.05) is 12.2 Å². The van der Waals surface area contributed by atoms with Gasteiger partial charge >= 0.3 is 0 Å². The van der Waals surface area contributed by atoms with E-state index in [1.54, 1.807) is 6.20 Å². The normalized spacial score (nSPS) is 14.2. The predicted molar refractivity (Wildman–Crippen MR) is 82.0 cm³/mol. The Morgan fingerprint density at radius 2 is 1.82 bits per heavy atom. The van der Waals surface area contributed by atoms with E-state index in [-0.39, 0.29) is 0 Å². The van der Waals surface area contributed by atoms with Crippen LogP contribution in [0.5, 0.6) is 0 Å². The molecular weight excluding hydrogens is 276 g/mol. The van der Waals surface area contributed by atoms with Crippen molar-refractivity contribution >= 4 is 0 Å². The van der Waals surface area contributed by atoms with Crippen LogP contribution in [0.1, 0.15) is 17.0 Å². The Morgan fingerprint density at radius 1 is 1.05 bits per heavy atom. The van der Waals surface area contributed by atoms with Gasteiger partial charge in [-0.3, -0.25) is 4.98 Å². The minimum Gasteiger partial charge on any atom is -0.337 e. The van der Waals surface area contributed by atoms with Crippen molar-refractivity contribution in [2.45, 2.75) is 25.4 Å². The molecule has 3 aromatic rings. The second-order valence-electron chi connectivity index (χ2n) is 5.48. The zero-order valence-electron chi connectivity index (χ0n) is 12.1. The molecule has 0 radical (unpaired) electrons. The van der Waals surface area contributed by atoms with Gasteiger partial charge in [-0.1, -0.05) is 35.5 Å². The molecule has 0 amide bonds. The van der Waals surface area contributed by atoms with Crippen molar-refractivity contribution in [3.8, 4) is 11.5 Å². The van der Waals surface area contributed by atoms with Gasteiger partial charge in [0.25, 0.3) is 0 Å². The lowest BCUT2D eigenvalue weighted by molar-refractivity contribution is 0.358. The highest BCUT2D eigenvalue weighted by atomic mass is 16.5. The summed E-state index contributed by atoms with van der Waals surface area (Å²) < 4.78 is 5.29. The van der Waals surface area contributed by atoms with Gasteiger partial charge in [0.05, 0.1) is 6.54 Å². The third-order valence-electron chi connectivity index (χ3n) is 3.96. The maximum absolute atomic E-state index is 5.29. The molecular formula is C17H16N4O. The van der Waals surface area contributed by atoms with Crippen LogP contribution in [0.25, 0.3) is 11.5 Å². The van der Waals surface area contributed by atoms with Crippen LogP contribution in [0.3, 0.4) is 0 Å². The average molecular weight is 292 g/mol. The van der Waals surface area contributed by atoms with E-state index in [0.717, 1.165) is 18.5 Å². The van der Waals surface area contributed by atoms with E-state index in [2.05, 4.69) is 44.7 Å². The van der Waals surface area contributed by atoms with E-state index in [1.807, 2.05) is 18.2 Å². The van der Waals surface area contributed by atoms with E-state index in [1.165, 1.54) is 11.1 Å². The average Bonchev–Trinajstić information content (AvgIpc) is 3.20. The van der Waals surface area contributed by atoms with Crippen molar-refractivity contribution in [1.82, 2.24) is 20.4 Å². The van der Waals surface area contributed by atoms with Crippen LogP contribution in [0, 0.1) is 0 Å². The SMILES string of the molecule is c1ccc(-c2noc(CNC3Cc4ccccc4C3)n2)nc1. The molecule has 0 bridgehead atoms. The first kappa shape index (κ1) is 13.2. The molecule has 1 aromatic carbocycles. The molecule has 2 aromatic heterocycles. The number of pyridine rings is 1. The molecule has 0 saturated heterocycles. The fourth-order valence-corrected chi connectivity index (χ4v) is 2.86. The highest BCUT2D eigenvalue weighted by Gasteiger charge is 2.21. The zero-order valence-corrected chi connectivity index (χ0v) is 12.1. The fourth-order valence-electron chi connectivity index (χ4n) is 2.86. The standard InChI is InChI=1S/C17H16N4O/c1-2-6-13-10-14(9-12(13)5-1)19-11-16-20-17(21-22-16)15-7-3-4-8-18-15/h1-8,14,19H,9-11H2. The van der Waals surface area contributed by atoms with Gasteiger partial charge in [-0.25, -0.2) is 0 Å². The molecule has 1 N–H and O–H groups in total. The molecule has 0 unspecified atom stereocenters. The summed E-state index contributed by atoms with van der Waals surface area (Å²) in [4.78, 5) is 8.61. The summed E-state index contributed by atoms with van der Waals surface area (Å²) in [5, 5.41) is 7.48. The molecule has 22 heavy (non-hydrogen) atoms. The summed E-state index contributed by atoms with van der Waals surface area (Å²) in [6.45, 7) is 0.582. The van der Waals surface area contributed by atoms with Gasteiger partial charge in [-0.2, -0.15) is 4.98 Å². The number of aromatic nitrogens is 3. The van der Waals surface area contributed by atoms with Gasteiger partial charge in [0.15, 0.2) is 0 Å². The maximum Gasteiger partial charge on any atom is 0.240 e. The minimum absolute atomic E-state index is 0.433. The molecule has 0 fully saturated rings. The van der Waals surface area contributed by atoms with Crippen molar-refractivity contribution in [1.29, 1.82) is 0 Å². The number of hydrogen-bond donors (Lipinski definition) is 1. The largest absolute Gasteiger partial charge is 0.337 e. The summed E-state index contributed by atoms with van der Waals surface area (Å²) in [5.74, 6) is 1.13. The van der Waals surface area contributed by atoms with E-state index >= 15 is 0 Å². The van der Waals surface area contributed by atoms with Crippen molar-refractivity contribution in [3.05, 3.63) is 65.7 Å². The van der Waals surface area contributed by atoms with Crippen LogP contribution in [0.15, 0.2) is 53.2 Å². The van der Waals surface area contributed by atoms with E-state index in [9.17, 15) is 0 Å². The van der Waals surface area contributed by atoms with Crippen LogP contribution >= 0.6 is 0 Å². The molecule has 110 valence electrons. The molecule has 0 saturated carbocycles. The third-order valence-corrected chi connectivity index (χ3v) is 3.96. The van der Waals surface area contributed by atoms with Crippen LogP contribution < -0.4 is 5.32 Å². The van der Waals surface area contributed by atoms with Gasteiger partial charge in [-0.05, 0) is 36.1 Å². The van der Waals surface area contributed by atoms with E-state index < -0.39 is 0 Å². The van der Waals surface area contributed by atoms with Crippen molar-refractivity contribution in [2.75, 3.05) is 0 Å². The Labute approximate surface area is 128 Å². The maximum atomic E-state index is 5.29. The van der Waals surface area contributed by atoms with Crippen molar-refractivity contribution < 1.29 is 4.52 Å². The summed E-state index contributed by atoms with van der Waals surface area (Å²) in [6, 6.07) is 14.7. The molecule has 5 nitrogen and oxygen atoms in total. The molecule has 2 heterocycles. The lowest BCUT2D eigenvalue weighted by atomic mass is 10.1. The molecule has 1 aliphatic carbocycles. The Kier molecular flexibility index (Phi) is 3.40. The van der Waals surface area contributed by atoms with Gasteiger partial charge in [0.1, 0.15) is 5.69 Å². The first-order valence-electron chi connectivity index (χ1n) is 7.42. The number of rotatable bonds is 4. The van der Waals surface area contributed by atoms with Crippen molar-refractivity contribution in [2.24, 2.45) is 0 Å². The zero-order chi connectivity index (χ0) is 14.8. The smallest absolute Gasteiger partial charge is 0.240 e. The second kappa shape index (κ2) is 5.69. The minimum atomic E-state index is 0.433. The number of benzene rings is 1. The molecule has 0 atom stereocenters. The Morgan fingerprint density at radius 3 is 2.55 bits per heavy atom. The van der Waals surface area contributed by atoms with Gasteiger partial charge in [-0.15, -0.1) is 0 Å². The monoisotopic (exact) mass is 292 g/mol. The van der Waals surface area contributed by atoms with E-state index in [4.69, 9.17) is 4.52 Å². The summed E-state index contributed by atoms with van der Waals surface area (Å²) in [6.07, 6.45) is 3.83. The molecule has 0 aliphatic heterocycles. The quantitative estimate of drug-likeness (QED) is 0.800. The first-order valence-corrected chi connectivity index (χ1v) is 7.42. The lowest BCUT2D eigenvalue weighted by Crippen LogP contribution is -2.29. The number of hydrogen-bond acceptors (Lipinski definition) is 5. The molecule has 0 spiro atoms. The second-order valence-corrected chi connectivity index (χ2v) is 5.48. The van der Waals surface area contributed by atoms with Gasteiger partial charge < -0.3 is 9.84 Å². The molecule has 4 rings (SSSR count). The third kappa shape index (κ3) is 2.63. The Balaban J connectivity index is 1.39. The van der Waals surface area contributed by atoms with Crippen molar-refractivity contribution in [3.63, 3.8) is 0 Å². The van der Waals surface area contributed by atoms with Crippen LogP contribution in [0.4, 0.5) is 0 Å². The van der Waals surface area contributed by atoms with Crippen LogP contribution in [0.2, 0.25) is 0 Å². The summed E-state index contributed by atoms with van der Waals surface area (Å²) in [7, 11) is 0. The van der Waals surface area contributed by atoms with Crippen LogP contribution in [-0.4, -0.2) is 21.2 Å². The molecule has 1 aliphatic rings. The predicted octanol–water partition coefficient (Wildman–Crippen LogP) is 2.39. The number of fused-ring (bicyclic) bond motifs is 1. The highest BCUT2D eigenvalue weighted by molar-refractivity contribution is 5.47. The van der Waals surface area contributed by atoms with Crippen LogP contribution in [-0.2, 0) is 19.4 Å². The number of nitrogens with zero attached hydrogens (tertiary/aromatic N) is 3. The van der Waals surface area contributed by atoms with Gasteiger partial charge in [0.2, 0.25) is 11.7 Å². The molecule has 5 heteroatoms.